The number of carbonyl (C=O) groups is 2. The van der Waals surface area contributed by atoms with Crippen LogP contribution >= 0.6 is 0 Å². The van der Waals surface area contributed by atoms with Gasteiger partial charge in [0, 0.05) is 11.8 Å². The molecule has 0 amide bonds. The quantitative estimate of drug-likeness (QED) is 0.690. The maximum absolute atomic E-state index is 11.9. The van der Waals surface area contributed by atoms with Crippen LogP contribution in [-0.4, -0.2) is 25.2 Å². The van der Waals surface area contributed by atoms with E-state index in [9.17, 15) is 9.59 Å². The average molecular weight is 292 g/mol. The van der Waals surface area contributed by atoms with E-state index in [1.165, 1.54) is 0 Å². The standard InChI is InChI=1S/C17H24O4/c1-4-20-15(18)11-12-17(3,13-16(19)21-5-2)14-9-7-6-8-10-14/h6-10H,4-5,11-13H2,1-3H3. The van der Waals surface area contributed by atoms with Crippen molar-refractivity contribution < 1.29 is 19.1 Å². The summed E-state index contributed by atoms with van der Waals surface area (Å²) in [5.74, 6) is -0.476. The van der Waals surface area contributed by atoms with E-state index >= 15 is 0 Å². The summed E-state index contributed by atoms with van der Waals surface area (Å²) in [6, 6.07) is 9.75. The molecule has 0 spiro atoms. The van der Waals surface area contributed by atoms with E-state index in [1.54, 1.807) is 13.8 Å². The third-order valence-electron chi connectivity index (χ3n) is 3.50. The van der Waals surface area contributed by atoms with Crippen LogP contribution in [0.5, 0.6) is 0 Å². The number of ether oxygens (including phenoxy) is 2. The van der Waals surface area contributed by atoms with Gasteiger partial charge in [-0.3, -0.25) is 9.59 Å². The van der Waals surface area contributed by atoms with E-state index < -0.39 is 5.41 Å². The highest BCUT2D eigenvalue weighted by Crippen LogP contribution is 2.33. The van der Waals surface area contributed by atoms with Gasteiger partial charge in [-0.1, -0.05) is 37.3 Å². The first kappa shape index (κ1) is 17.2. The number of esters is 2. The predicted octanol–water partition coefficient (Wildman–Crippen LogP) is 3.24. The molecule has 0 aliphatic heterocycles. The lowest BCUT2D eigenvalue weighted by atomic mass is 9.76. The molecule has 0 radical (unpaired) electrons. The van der Waals surface area contributed by atoms with Gasteiger partial charge in [0.05, 0.1) is 19.6 Å². The second-order valence-electron chi connectivity index (χ2n) is 5.21. The minimum atomic E-state index is -0.430. The van der Waals surface area contributed by atoms with Gasteiger partial charge in [0.25, 0.3) is 0 Å². The Balaban J connectivity index is 2.83. The molecular weight excluding hydrogens is 268 g/mol. The van der Waals surface area contributed by atoms with Crippen LogP contribution in [0.4, 0.5) is 0 Å². The summed E-state index contributed by atoms with van der Waals surface area (Å²) in [5.41, 5.74) is 0.600. The molecule has 0 N–H and O–H groups in total. The summed E-state index contributed by atoms with van der Waals surface area (Å²) in [6.45, 7) is 6.29. The summed E-state index contributed by atoms with van der Waals surface area (Å²) < 4.78 is 10.0. The molecule has 0 aromatic heterocycles. The monoisotopic (exact) mass is 292 g/mol. The molecule has 0 aliphatic carbocycles. The van der Waals surface area contributed by atoms with E-state index in [4.69, 9.17) is 9.47 Å². The SMILES string of the molecule is CCOC(=O)CCC(C)(CC(=O)OCC)c1ccccc1. The molecule has 116 valence electrons. The average Bonchev–Trinajstić information content (AvgIpc) is 2.47. The number of carbonyl (C=O) groups excluding carboxylic acids is 2. The van der Waals surface area contributed by atoms with Crippen molar-refractivity contribution in [1.82, 2.24) is 0 Å². The molecule has 21 heavy (non-hydrogen) atoms. The summed E-state index contributed by atoms with van der Waals surface area (Å²) in [5, 5.41) is 0. The van der Waals surface area contributed by atoms with Crippen LogP contribution < -0.4 is 0 Å². The van der Waals surface area contributed by atoms with Gasteiger partial charge in [-0.15, -0.1) is 0 Å². The molecule has 1 rings (SSSR count). The zero-order chi connectivity index (χ0) is 15.7. The molecule has 1 unspecified atom stereocenters. The number of rotatable bonds is 8. The third kappa shape index (κ3) is 5.58. The third-order valence-corrected chi connectivity index (χ3v) is 3.50. The molecule has 1 aromatic carbocycles. The Labute approximate surface area is 126 Å². The number of hydrogen-bond donors (Lipinski definition) is 0. The topological polar surface area (TPSA) is 52.6 Å². The van der Waals surface area contributed by atoms with Crippen molar-refractivity contribution in [2.45, 2.75) is 45.4 Å². The first-order valence-corrected chi connectivity index (χ1v) is 7.38. The molecule has 1 aromatic rings. The normalized spacial score (nSPS) is 13.3. The lowest BCUT2D eigenvalue weighted by Gasteiger charge is -2.29. The molecule has 0 saturated heterocycles. The molecular formula is C17H24O4. The molecule has 0 fully saturated rings. The van der Waals surface area contributed by atoms with E-state index in [-0.39, 0.29) is 18.4 Å². The zero-order valence-corrected chi connectivity index (χ0v) is 13.1. The summed E-state index contributed by atoms with van der Waals surface area (Å²) in [7, 11) is 0. The zero-order valence-electron chi connectivity index (χ0n) is 13.1. The van der Waals surface area contributed by atoms with E-state index in [2.05, 4.69) is 0 Å². The molecule has 0 aliphatic rings. The molecule has 1 atom stereocenters. The maximum atomic E-state index is 11.9. The maximum Gasteiger partial charge on any atom is 0.306 e. The van der Waals surface area contributed by atoms with Gasteiger partial charge in [-0.2, -0.15) is 0 Å². The van der Waals surface area contributed by atoms with Crippen molar-refractivity contribution in [2.75, 3.05) is 13.2 Å². The number of benzene rings is 1. The van der Waals surface area contributed by atoms with Crippen LogP contribution in [0.1, 0.15) is 45.6 Å². The smallest absolute Gasteiger partial charge is 0.306 e. The van der Waals surface area contributed by atoms with E-state index in [0.717, 1.165) is 5.56 Å². The van der Waals surface area contributed by atoms with E-state index in [0.29, 0.717) is 26.1 Å². The first-order valence-electron chi connectivity index (χ1n) is 7.38. The molecule has 0 heterocycles. The Hall–Kier alpha value is -1.84. The van der Waals surface area contributed by atoms with Crippen molar-refractivity contribution in [3.05, 3.63) is 35.9 Å². The van der Waals surface area contributed by atoms with Crippen LogP contribution in [0.25, 0.3) is 0 Å². The fraction of sp³-hybridized carbons (Fsp3) is 0.529. The van der Waals surface area contributed by atoms with Crippen molar-refractivity contribution in [3.8, 4) is 0 Å². The van der Waals surface area contributed by atoms with Gasteiger partial charge in [-0.25, -0.2) is 0 Å². The lowest BCUT2D eigenvalue weighted by molar-refractivity contribution is -0.146. The Kier molecular flexibility index (Phi) is 6.92. The van der Waals surface area contributed by atoms with Gasteiger partial charge in [0.15, 0.2) is 0 Å². The Bertz CT molecular complexity index is 455. The van der Waals surface area contributed by atoms with Gasteiger partial charge < -0.3 is 9.47 Å². The molecule has 0 bridgehead atoms. The highest BCUT2D eigenvalue weighted by atomic mass is 16.5. The fourth-order valence-electron chi connectivity index (χ4n) is 2.32. The number of hydrogen-bond acceptors (Lipinski definition) is 4. The van der Waals surface area contributed by atoms with Crippen molar-refractivity contribution in [1.29, 1.82) is 0 Å². The first-order chi connectivity index (χ1) is 10.0. The predicted molar refractivity (Wildman–Crippen MR) is 80.9 cm³/mol. The van der Waals surface area contributed by atoms with Crippen molar-refractivity contribution in [2.24, 2.45) is 0 Å². The second kappa shape index (κ2) is 8.45. The molecule has 0 saturated carbocycles. The Morgan fingerprint density at radius 2 is 1.57 bits per heavy atom. The Morgan fingerprint density at radius 1 is 1.00 bits per heavy atom. The van der Waals surface area contributed by atoms with E-state index in [1.807, 2.05) is 37.3 Å². The van der Waals surface area contributed by atoms with Crippen LogP contribution in [0, 0.1) is 0 Å². The van der Waals surface area contributed by atoms with Crippen molar-refractivity contribution >= 4 is 11.9 Å². The highest BCUT2D eigenvalue weighted by molar-refractivity contribution is 5.72. The Morgan fingerprint density at radius 3 is 2.14 bits per heavy atom. The van der Waals surface area contributed by atoms with Gasteiger partial charge in [0.1, 0.15) is 0 Å². The largest absolute Gasteiger partial charge is 0.466 e. The molecule has 4 nitrogen and oxygen atoms in total. The molecule has 4 heteroatoms. The van der Waals surface area contributed by atoms with Gasteiger partial charge in [-0.05, 0) is 25.8 Å². The highest BCUT2D eigenvalue weighted by Gasteiger charge is 2.31. The minimum absolute atomic E-state index is 0.233. The van der Waals surface area contributed by atoms with Crippen LogP contribution in [-0.2, 0) is 24.5 Å². The summed E-state index contributed by atoms with van der Waals surface area (Å²) >= 11 is 0. The van der Waals surface area contributed by atoms with Gasteiger partial charge in [0.2, 0.25) is 0 Å². The van der Waals surface area contributed by atoms with Crippen LogP contribution in [0.15, 0.2) is 30.3 Å². The lowest BCUT2D eigenvalue weighted by Crippen LogP contribution is -2.28. The summed E-state index contributed by atoms with van der Waals surface area (Å²) in [4.78, 5) is 23.5. The van der Waals surface area contributed by atoms with Crippen molar-refractivity contribution in [3.63, 3.8) is 0 Å². The fourth-order valence-corrected chi connectivity index (χ4v) is 2.32. The van der Waals surface area contributed by atoms with Crippen LogP contribution in [0.2, 0.25) is 0 Å². The second-order valence-corrected chi connectivity index (χ2v) is 5.21. The van der Waals surface area contributed by atoms with Gasteiger partial charge >= 0.3 is 11.9 Å². The summed E-state index contributed by atoms with van der Waals surface area (Å²) in [6.07, 6.45) is 1.09. The van der Waals surface area contributed by atoms with Crippen LogP contribution in [0.3, 0.4) is 0 Å². The minimum Gasteiger partial charge on any atom is -0.466 e.